The fourth-order valence-electron chi connectivity index (χ4n) is 2.18. The van der Waals surface area contributed by atoms with E-state index in [2.05, 4.69) is 38.1 Å². The second-order valence-corrected chi connectivity index (χ2v) is 5.40. The van der Waals surface area contributed by atoms with Gasteiger partial charge in [-0.25, -0.2) is 0 Å². The van der Waals surface area contributed by atoms with Crippen LogP contribution in [0.4, 0.5) is 0 Å². The van der Waals surface area contributed by atoms with Crippen molar-refractivity contribution in [3.8, 4) is 0 Å². The van der Waals surface area contributed by atoms with Crippen molar-refractivity contribution in [2.45, 2.75) is 20.3 Å². The number of allylic oxidation sites excluding steroid dienone is 1. The Labute approximate surface area is 87.9 Å². The first-order valence-electron chi connectivity index (χ1n) is 4.92. The first-order valence-corrected chi connectivity index (χ1v) is 5.74. The summed E-state index contributed by atoms with van der Waals surface area (Å²) in [5.74, 6) is 0. The predicted octanol–water partition coefficient (Wildman–Crippen LogP) is 4.17. The van der Waals surface area contributed by atoms with Crippen LogP contribution in [-0.4, -0.2) is 0 Å². The summed E-state index contributed by atoms with van der Waals surface area (Å²) >= 11 is 1.90. The third-order valence-corrected chi connectivity index (χ3v) is 3.79. The van der Waals surface area contributed by atoms with Crippen LogP contribution in [0.15, 0.2) is 23.8 Å². The Morgan fingerprint density at radius 1 is 1.14 bits per heavy atom. The van der Waals surface area contributed by atoms with Crippen LogP contribution < -0.4 is 0 Å². The molecule has 0 bridgehead atoms. The van der Waals surface area contributed by atoms with E-state index in [0.29, 0.717) is 0 Å². The number of hydrogen-bond donors (Lipinski definition) is 0. The number of benzene rings is 1. The summed E-state index contributed by atoms with van der Waals surface area (Å²) in [6.45, 7) is 4.39. The molecule has 14 heavy (non-hydrogen) atoms. The summed E-state index contributed by atoms with van der Waals surface area (Å²) in [6.07, 6.45) is 3.45. The maximum absolute atomic E-state index is 2.36. The maximum atomic E-state index is 2.36. The summed E-state index contributed by atoms with van der Waals surface area (Å²) in [7, 11) is 0. The van der Waals surface area contributed by atoms with Crippen molar-refractivity contribution >= 4 is 27.5 Å². The highest BCUT2D eigenvalue weighted by Gasteiger charge is 2.11. The van der Waals surface area contributed by atoms with E-state index in [4.69, 9.17) is 0 Å². The van der Waals surface area contributed by atoms with Gasteiger partial charge in [0, 0.05) is 9.58 Å². The minimum Gasteiger partial charge on any atom is -0.141 e. The molecule has 3 rings (SSSR count). The molecule has 1 aliphatic carbocycles. The van der Waals surface area contributed by atoms with Crippen LogP contribution in [0.2, 0.25) is 0 Å². The first kappa shape index (κ1) is 8.25. The molecule has 1 heterocycles. The zero-order valence-corrected chi connectivity index (χ0v) is 9.24. The van der Waals surface area contributed by atoms with Gasteiger partial charge in [0.05, 0.1) is 0 Å². The first-order chi connectivity index (χ1) is 6.72. The summed E-state index contributed by atoms with van der Waals surface area (Å²) in [5.41, 5.74) is 4.40. The average molecular weight is 200 g/mol. The van der Waals surface area contributed by atoms with Gasteiger partial charge in [-0.15, -0.1) is 11.3 Å². The molecule has 0 saturated carbocycles. The number of rotatable bonds is 0. The molecule has 1 aromatic heterocycles. The Balaban J connectivity index is 2.31. The molecule has 1 aliphatic rings. The monoisotopic (exact) mass is 200 g/mol. The molecule has 1 aromatic carbocycles. The zero-order valence-electron chi connectivity index (χ0n) is 8.42. The van der Waals surface area contributed by atoms with Gasteiger partial charge < -0.3 is 0 Å². The van der Waals surface area contributed by atoms with Gasteiger partial charge in [-0.05, 0) is 55.0 Å². The lowest BCUT2D eigenvalue weighted by Gasteiger charge is -1.98. The van der Waals surface area contributed by atoms with Crippen LogP contribution in [-0.2, 0) is 6.42 Å². The van der Waals surface area contributed by atoms with E-state index in [0.717, 1.165) is 6.42 Å². The van der Waals surface area contributed by atoms with Gasteiger partial charge in [-0.2, -0.15) is 0 Å². The highest BCUT2D eigenvalue weighted by molar-refractivity contribution is 7.19. The third-order valence-electron chi connectivity index (χ3n) is 2.77. The average Bonchev–Trinajstić information content (AvgIpc) is 2.59. The molecule has 70 valence electrons. The second kappa shape index (κ2) is 2.71. The van der Waals surface area contributed by atoms with Gasteiger partial charge in [0.1, 0.15) is 0 Å². The molecule has 0 N–H and O–H groups in total. The molecule has 0 aliphatic heterocycles. The predicted molar refractivity (Wildman–Crippen MR) is 63.9 cm³/mol. The molecule has 1 heteroatoms. The Bertz CT molecular complexity index is 544. The van der Waals surface area contributed by atoms with E-state index in [9.17, 15) is 0 Å². The standard InChI is InChI=1S/C13H12S/c1-8-3-10-6-12-5-9(2)14-13(12)7-11(10)4-8/h3,5-7H,4H2,1-2H3. The van der Waals surface area contributed by atoms with Crippen molar-refractivity contribution in [2.75, 3.05) is 0 Å². The van der Waals surface area contributed by atoms with Crippen molar-refractivity contribution < 1.29 is 0 Å². The molecule has 0 atom stereocenters. The molecule has 0 saturated heterocycles. The molecule has 0 unspecified atom stereocenters. The number of hydrogen-bond acceptors (Lipinski definition) is 1. The van der Waals surface area contributed by atoms with Crippen molar-refractivity contribution in [3.05, 3.63) is 39.8 Å². The molecule has 0 nitrogen and oxygen atoms in total. The van der Waals surface area contributed by atoms with Gasteiger partial charge in [-0.1, -0.05) is 11.6 Å². The normalized spacial score (nSPS) is 14.6. The van der Waals surface area contributed by atoms with Crippen LogP contribution in [0, 0.1) is 6.92 Å². The number of fused-ring (bicyclic) bond motifs is 2. The minimum absolute atomic E-state index is 1.14. The molecular weight excluding hydrogens is 188 g/mol. The SMILES string of the molecule is CC1=Cc2cc3cc(C)sc3cc2C1. The van der Waals surface area contributed by atoms with Gasteiger partial charge in [-0.3, -0.25) is 0 Å². The summed E-state index contributed by atoms with van der Waals surface area (Å²) < 4.78 is 1.43. The molecule has 0 radical (unpaired) electrons. The zero-order chi connectivity index (χ0) is 9.71. The van der Waals surface area contributed by atoms with Crippen molar-refractivity contribution in [1.82, 2.24) is 0 Å². The fraction of sp³-hybridized carbons (Fsp3) is 0.231. The van der Waals surface area contributed by atoms with Gasteiger partial charge in [0.2, 0.25) is 0 Å². The summed E-state index contributed by atoms with van der Waals surface area (Å²) in [4.78, 5) is 1.41. The van der Waals surface area contributed by atoms with Crippen LogP contribution in [0.5, 0.6) is 0 Å². The van der Waals surface area contributed by atoms with E-state index < -0.39 is 0 Å². The van der Waals surface area contributed by atoms with Gasteiger partial charge >= 0.3 is 0 Å². The van der Waals surface area contributed by atoms with Gasteiger partial charge in [0.15, 0.2) is 0 Å². The fourth-order valence-corrected chi connectivity index (χ4v) is 3.15. The molecular formula is C13H12S. The van der Waals surface area contributed by atoms with E-state index in [-0.39, 0.29) is 0 Å². The smallest absolute Gasteiger partial charge is 0.0348 e. The molecule has 0 fully saturated rings. The summed E-state index contributed by atoms with van der Waals surface area (Å²) in [6, 6.07) is 6.96. The lowest BCUT2D eigenvalue weighted by atomic mass is 10.1. The van der Waals surface area contributed by atoms with E-state index >= 15 is 0 Å². The van der Waals surface area contributed by atoms with Crippen molar-refractivity contribution in [1.29, 1.82) is 0 Å². The van der Waals surface area contributed by atoms with Gasteiger partial charge in [0.25, 0.3) is 0 Å². The Morgan fingerprint density at radius 2 is 2.00 bits per heavy atom. The molecule has 0 spiro atoms. The highest BCUT2D eigenvalue weighted by Crippen LogP contribution is 2.33. The molecule has 0 amide bonds. The Morgan fingerprint density at radius 3 is 2.86 bits per heavy atom. The van der Waals surface area contributed by atoms with Crippen LogP contribution >= 0.6 is 11.3 Å². The van der Waals surface area contributed by atoms with Crippen LogP contribution in [0.3, 0.4) is 0 Å². The Hall–Kier alpha value is -1.08. The maximum Gasteiger partial charge on any atom is 0.0348 e. The van der Waals surface area contributed by atoms with Crippen molar-refractivity contribution in [3.63, 3.8) is 0 Å². The quantitative estimate of drug-likeness (QED) is 0.598. The van der Waals surface area contributed by atoms with Crippen LogP contribution in [0.25, 0.3) is 16.2 Å². The van der Waals surface area contributed by atoms with E-state index in [1.165, 1.54) is 31.7 Å². The Kier molecular flexibility index (Phi) is 1.59. The van der Waals surface area contributed by atoms with Crippen molar-refractivity contribution in [2.24, 2.45) is 0 Å². The molecule has 2 aromatic rings. The third kappa shape index (κ3) is 1.12. The highest BCUT2D eigenvalue weighted by atomic mass is 32.1. The van der Waals surface area contributed by atoms with E-state index in [1.54, 1.807) is 0 Å². The van der Waals surface area contributed by atoms with E-state index in [1.807, 2.05) is 11.3 Å². The summed E-state index contributed by atoms with van der Waals surface area (Å²) in [5, 5.41) is 1.40. The second-order valence-electron chi connectivity index (χ2n) is 4.11. The number of thiophene rings is 1. The number of aryl methyl sites for hydroxylation is 1. The lowest BCUT2D eigenvalue weighted by Crippen LogP contribution is -1.80. The largest absolute Gasteiger partial charge is 0.141 e. The topological polar surface area (TPSA) is 0 Å². The van der Waals surface area contributed by atoms with Crippen LogP contribution in [0.1, 0.15) is 22.9 Å². The minimum atomic E-state index is 1.14. The lowest BCUT2D eigenvalue weighted by molar-refractivity contribution is 1.20.